The molecule has 2 N–H and O–H groups in total. The summed E-state index contributed by atoms with van der Waals surface area (Å²) in [5, 5.41) is 9.77. The number of aryl methyl sites for hydroxylation is 1. The third-order valence-corrected chi connectivity index (χ3v) is 7.30. The molecule has 33 heavy (non-hydrogen) atoms. The Kier molecular flexibility index (Phi) is 7.75. The molecule has 0 radical (unpaired) electrons. The highest BCUT2D eigenvalue weighted by Gasteiger charge is 2.27. The van der Waals surface area contributed by atoms with E-state index in [1.165, 1.54) is 25.3 Å². The second kappa shape index (κ2) is 10.9. The molecule has 4 rings (SSSR count). The van der Waals surface area contributed by atoms with Crippen LogP contribution in [-0.4, -0.2) is 25.7 Å². The molecule has 1 aliphatic rings. The van der Waals surface area contributed by atoms with E-state index in [2.05, 4.69) is 27.3 Å². The van der Waals surface area contributed by atoms with Crippen molar-refractivity contribution in [2.45, 2.75) is 71.6 Å². The first-order valence-corrected chi connectivity index (χ1v) is 13.0. The molecule has 0 spiro atoms. The number of hydrogen-bond acceptors (Lipinski definition) is 5. The van der Waals surface area contributed by atoms with Crippen molar-refractivity contribution in [1.29, 1.82) is 0 Å². The molecule has 7 nitrogen and oxygen atoms in total. The Hall–Kier alpha value is -2.74. The quantitative estimate of drug-likeness (QED) is 0.430. The largest absolute Gasteiger partial charge is 0.310 e. The molecule has 0 saturated heterocycles. The molecule has 0 aromatic carbocycles. The summed E-state index contributed by atoms with van der Waals surface area (Å²) in [5.41, 5.74) is 1.23. The Morgan fingerprint density at radius 2 is 2.03 bits per heavy atom. The van der Waals surface area contributed by atoms with Gasteiger partial charge in [-0.2, -0.15) is 9.78 Å². The maximum Gasteiger partial charge on any atom is 0.252 e. The van der Waals surface area contributed by atoms with E-state index in [0.717, 1.165) is 48.6 Å². The van der Waals surface area contributed by atoms with Crippen molar-refractivity contribution in [1.82, 2.24) is 19.7 Å². The molecule has 176 valence electrons. The number of carbonyl (C=O) groups excluding carboxylic acids is 1. The Bertz CT molecular complexity index is 1110. The van der Waals surface area contributed by atoms with E-state index in [4.69, 9.17) is 0 Å². The molecule has 1 saturated carbocycles. The van der Waals surface area contributed by atoms with Crippen molar-refractivity contribution < 1.29 is 4.79 Å². The smallest absolute Gasteiger partial charge is 0.252 e. The fraction of sp³-hybridized carbons (Fsp3) is 0.520. The van der Waals surface area contributed by atoms with E-state index < -0.39 is 0 Å². The number of anilines is 1. The van der Waals surface area contributed by atoms with Gasteiger partial charge in [-0.25, -0.2) is 4.98 Å². The maximum atomic E-state index is 13.2. The highest BCUT2D eigenvalue weighted by atomic mass is 32.1. The summed E-state index contributed by atoms with van der Waals surface area (Å²) in [5.74, 6) is 1.64. The number of thiophene rings is 1. The molecule has 0 aliphatic heterocycles. The molecular formula is C25H33N5O2S. The summed E-state index contributed by atoms with van der Waals surface area (Å²) in [6.45, 7) is 4.28. The van der Waals surface area contributed by atoms with Crippen LogP contribution in [0.4, 0.5) is 5.82 Å². The van der Waals surface area contributed by atoms with Crippen molar-refractivity contribution >= 4 is 23.1 Å². The van der Waals surface area contributed by atoms with Crippen LogP contribution in [0.5, 0.6) is 0 Å². The van der Waals surface area contributed by atoms with E-state index in [1.54, 1.807) is 16.0 Å². The van der Waals surface area contributed by atoms with Gasteiger partial charge < -0.3 is 5.32 Å². The third kappa shape index (κ3) is 5.79. The Morgan fingerprint density at radius 1 is 1.21 bits per heavy atom. The molecule has 0 bridgehead atoms. The van der Waals surface area contributed by atoms with Crippen LogP contribution in [0.15, 0.2) is 34.4 Å². The van der Waals surface area contributed by atoms with Gasteiger partial charge in [-0.3, -0.25) is 14.6 Å². The van der Waals surface area contributed by atoms with Gasteiger partial charge in [0.15, 0.2) is 0 Å². The molecule has 1 aliphatic carbocycles. The molecule has 3 aromatic heterocycles. The summed E-state index contributed by atoms with van der Waals surface area (Å²) < 4.78 is 1.56. The van der Waals surface area contributed by atoms with Gasteiger partial charge in [-0.15, -0.1) is 11.3 Å². The lowest BCUT2D eigenvalue weighted by Crippen LogP contribution is -2.28. The lowest BCUT2D eigenvalue weighted by atomic mass is 9.79. The molecule has 3 heterocycles. The van der Waals surface area contributed by atoms with Crippen molar-refractivity contribution in [3.8, 4) is 16.5 Å². The summed E-state index contributed by atoms with van der Waals surface area (Å²) in [7, 11) is 0. The standard InChI is InChI=1S/C25H33N5O2S/c1-3-5-8-17-10-12-18(13-11-17)24(32)27-22-16-20(21-9-6-14-33-21)29-30(22)25-26-19(7-4-2)15-23(31)28-25/h6,9,14-18H,3-5,7-8,10-13H2,1-2H3,(H,27,32)(H,26,28,31). The summed E-state index contributed by atoms with van der Waals surface area (Å²) in [6, 6.07) is 7.34. The number of nitrogens with zero attached hydrogens (tertiary/aromatic N) is 3. The molecule has 0 atom stereocenters. The van der Waals surface area contributed by atoms with Crippen LogP contribution in [0.3, 0.4) is 0 Å². The Morgan fingerprint density at radius 3 is 2.73 bits per heavy atom. The zero-order valence-corrected chi connectivity index (χ0v) is 20.3. The van der Waals surface area contributed by atoms with Crippen LogP contribution in [0.1, 0.15) is 70.9 Å². The molecule has 3 aromatic rings. The molecule has 0 unspecified atom stereocenters. The van der Waals surface area contributed by atoms with E-state index >= 15 is 0 Å². The first kappa shape index (κ1) is 23.4. The highest BCUT2D eigenvalue weighted by Crippen LogP contribution is 2.33. The zero-order chi connectivity index (χ0) is 23.2. The fourth-order valence-corrected chi connectivity index (χ4v) is 5.27. The first-order chi connectivity index (χ1) is 16.1. The van der Waals surface area contributed by atoms with Crippen LogP contribution in [0.2, 0.25) is 0 Å². The number of aromatic amines is 1. The van der Waals surface area contributed by atoms with Crippen LogP contribution >= 0.6 is 11.3 Å². The molecule has 1 fully saturated rings. The summed E-state index contributed by atoms with van der Waals surface area (Å²) >= 11 is 1.58. The third-order valence-electron chi connectivity index (χ3n) is 6.41. The minimum Gasteiger partial charge on any atom is -0.310 e. The van der Waals surface area contributed by atoms with E-state index in [-0.39, 0.29) is 17.4 Å². The Balaban J connectivity index is 1.57. The number of carbonyl (C=O) groups is 1. The van der Waals surface area contributed by atoms with Crippen LogP contribution < -0.4 is 10.9 Å². The van der Waals surface area contributed by atoms with Crippen molar-refractivity contribution in [2.75, 3.05) is 5.32 Å². The first-order valence-electron chi connectivity index (χ1n) is 12.1. The average molecular weight is 468 g/mol. The van der Waals surface area contributed by atoms with Crippen molar-refractivity contribution in [2.24, 2.45) is 11.8 Å². The van der Waals surface area contributed by atoms with Crippen LogP contribution in [0.25, 0.3) is 16.5 Å². The van der Waals surface area contributed by atoms with Gasteiger partial charge in [0.05, 0.1) is 4.88 Å². The van der Waals surface area contributed by atoms with Gasteiger partial charge in [0, 0.05) is 23.7 Å². The van der Waals surface area contributed by atoms with Crippen molar-refractivity contribution in [3.63, 3.8) is 0 Å². The second-order valence-corrected chi connectivity index (χ2v) is 9.91. The number of hydrogen-bond donors (Lipinski definition) is 2. The number of nitrogens with one attached hydrogen (secondary N) is 2. The van der Waals surface area contributed by atoms with Gasteiger partial charge in [0.2, 0.25) is 11.9 Å². The molecule has 1 amide bonds. The second-order valence-electron chi connectivity index (χ2n) is 8.96. The van der Waals surface area contributed by atoms with Gasteiger partial charge in [-0.1, -0.05) is 45.6 Å². The lowest BCUT2D eigenvalue weighted by Gasteiger charge is -2.27. The lowest BCUT2D eigenvalue weighted by molar-refractivity contribution is -0.121. The monoisotopic (exact) mass is 467 g/mol. The number of unbranched alkanes of at least 4 members (excludes halogenated alkanes) is 1. The average Bonchev–Trinajstić information content (AvgIpc) is 3.48. The predicted octanol–water partition coefficient (Wildman–Crippen LogP) is 5.57. The Labute approximate surface area is 198 Å². The van der Waals surface area contributed by atoms with Crippen LogP contribution in [-0.2, 0) is 11.2 Å². The van der Waals surface area contributed by atoms with Crippen LogP contribution in [0, 0.1) is 11.8 Å². The van der Waals surface area contributed by atoms with Gasteiger partial charge >= 0.3 is 0 Å². The zero-order valence-electron chi connectivity index (χ0n) is 19.5. The molecule has 8 heteroatoms. The highest BCUT2D eigenvalue weighted by molar-refractivity contribution is 7.13. The molecular weight excluding hydrogens is 434 g/mol. The van der Waals surface area contributed by atoms with E-state index in [0.29, 0.717) is 23.9 Å². The van der Waals surface area contributed by atoms with E-state index in [1.807, 2.05) is 30.5 Å². The number of aromatic nitrogens is 4. The number of rotatable bonds is 9. The summed E-state index contributed by atoms with van der Waals surface area (Å²) in [6.07, 6.45) is 9.45. The predicted molar refractivity (Wildman–Crippen MR) is 133 cm³/mol. The van der Waals surface area contributed by atoms with Gasteiger partial charge in [0.25, 0.3) is 5.56 Å². The minimum absolute atomic E-state index is 0.00912. The fourth-order valence-electron chi connectivity index (χ4n) is 4.59. The number of H-pyrrole nitrogens is 1. The maximum absolute atomic E-state index is 13.2. The topological polar surface area (TPSA) is 92.7 Å². The van der Waals surface area contributed by atoms with E-state index in [9.17, 15) is 9.59 Å². The SMILES string of the molecule is CCCCC1CCC(C(=O)Nc2cc(-c3cccs3)nn2-c2nc(CCC)cc(=O)[nH]2)CC1. The normalized spacial score (nSPS) is 18.4. The van der Waals surface area contributed by atoms with Gasteiger partial charge in [0.1, 0.15) is 11.5 Å². The van der Waals surface area contributed by atoms with Gasteiger partial charge in [-0.05, 0) is 49.5 Å². The number of amides is 1. The van der Waals surface area contributed by atoms with Crippen molar-refractivity contribution in [3.05, 3.63) is 45.7 Å². The minimum atomic E-state index is -0.223. The summed E-state index contributed by atoms with van der Waals surface area (Å²) in [4.78, 5) is 33.8.